The number of hydrogen-bond donors (Lipinski definition) is 0. The van der Waals surface area contributed by atoms with Crippen LogP contribution in [0.25, 0.3) is 67.3 Å². The fourth-order valence-corrected chi connectivity index (χ4v) is 9.95. The molecular weight excluding hydrogens is 751 g/mol. The van der Waals surface area contributed by atoms with Crippen molar-refractivity contribution in [3.8, 4) is 67.3 Å². The lowest BCUT2D eigenvalue weighted by atomic mass is 9.64. The van der Waals surface area contributed by atoms with E-state index in [4.69, 9.17) is 9.97 Å². The van der Waals surface area contributed by atoms with E-state index < -0.39 is 5.41 Å². The number of para-hydroxylation sites is 3. The third kappa shape index (κ3) is 5.67. The summed E-state index contributed by atoms with van der Waals surface area (Å²) in [4.78, 5) is 12.7. The van der Waals surface area contributed by atoms with E-state index in [1.807, 2.05) is 12.1 Å². The lowest BCUT2D eigenvalue weighted by Crippen LogP contribution is -2.36. The number of rotatable bonds is 6. The second-order valence-electron chi connectivity index (χ2n) is 16.1. The van der Waals surface area contributed by atoms with Crippen LogP contribution in [0.15, 0.2) is 237 Å². The lowest BCUT2D eigenvalue weighted by Gasteiger charge is -2.45. The molecule has 1 spiro atoms. The Bertz CT molecular complexity index is 3200. The second kappa shape index (κ2) is 14.5. The van der Waals surface area contributed by atoms with E-state index in [1.54, 1.807) is 0 Å². The van der Waals surface area contributed by atoms with Crippen molar-refractivity contribution in [3.63, 3.8) is 0 Å². The summed E-state index contributed by atoms with van der Waals surface area (Å²) in [6, 6.07) is 85.3. The van der Waals surface area contributed by atoms with Crippen LogP contribution in [-0.4, -0.2) is 9.97 Å². The second-order valence-corrected chi connectivity index (χ2v) is 16.1. The molecule has 2 aliphatic rings. The maximum absolute atomic E-state index is 5.13. The van der Waals surface area contributed by atoms with Gasteiger partial charge in [0.25, 0.3) is 0 Å². The summed E-state index contributed by atoms with van der Waals surface area (Å²) in [5.41, 5.74) is 20.3. The Kier molecular flexibility index (Phi) is 8.39. The first kappa shape index (κ1) is 35.8. The van der Waals surface area contributed by atoms with E-state index in [0.29, 0.717) is 5.82 Å². The molecule has 0 unspecified atom stereocenters. The number of anilines is 3. The molecule has 290 valence electrons. The van der Waals surface area contributed by atoms with Crippen LogP contribution in [0.5, 0.6) is 0 Å². The minimum atomic E-state index is -0.515. The Morgan fingerprint density at radius 3 is 1.32 bits per heavy atom. The van der Waals surface area contributed by atoms with Crippen LogP contribution in [0.3, 0.4) is 0 Å². The van der Waals surface area contributed by atoms with Gasteiger partial charge in [-0.3, -0.25) is 0 Å². The summed E-state index contributed by atoms with van der Waals surface area (Å²) in [6.07, 6.45) is 0. The van der Waals surface area contributed by atoms with E-state index in [0.717, 1.165) is 44.9 Å². The molecule has 0 atom stereocenters. The number of hydrogen-bond acceptors (Lipinski definition) is 3. The van der Waals surface area contributed by atoms with Crippen LogP contribution in [0.4, 0.5) is 17.1 Å². The molecule has 1 aliphatic carbocycles. The number of nitrogens with zero attached hydrogens (tertiary/aromatic N) is 3. The Hall–Kier alpha value is -8.14. The zero-order valence-corrected chi connectivity index (χ0v) is 33.9. The monoisotopic (exact) mass is 789 g/mol. The van der Waals surface area contributed by atoms with Crippen molar-refractivity contribution in [2.45, 2.75) is 5.41 Å². The van der Waals surface area contributed by atoms with Crippen molar-refractivity contribution in [1.82, 2.24) is 9.97 Å². The summed E-state index contributed by atoms with van der Waals surface area (Å²) < 4.78 is 0. The van der Waals surface area contributed by atoms with Crippen molar-refractivity contribution < 1.29 is 0 Å². The average Bonchev–Trinajstić information content (AvgIpc) is 3.65. The molecule has 0 amide bonds. The minimum Gasteiger partial charge on any atom is -0.310 e. The van der Waals surface area contributed by atoms with Gasteiger partial charge in [0.2, 0.25) is 0 Å². The Morgan fingerprint density at radius 2 is 0.726 bits per heavy atom. The number of benzene rings is 9. The third-order valence-corrected chi connectivity index (χ3v) is 12.7. The van der Waals surface area contributed by atoms with Crippen molar-refractivity contribution in [1.29, 1.82) is 0 Å². The molecule has 12 rings (SSSR count). The first-order valence-corrected chi connectivity index (χ1v) is 21.2. The third-order valence-electron chi connectivity index (χ3n) is 12.7. The predicted octanol–water partition coefficient (Wildman–Crippen LogP) is 15.0. The SMILES string of the molecule is c1ccc(-c2cc(-c3ccccc3)nc(-c3cccc(-c4cccc(-c5ccc6c(c5)C5(c7ccccc7-6)c6ccccc6N(c6ccccc6)c6ccccc65)c4)c3)n2)cc1. The zero-order valence-electron chi connectivity index (χ0n) is 33.9. The van der Waals surface area contributed by atoms with Crippen molar-refractivity contribution in [2.24, 2.45) is 0 Å². The zero-order chi connectivity index (χ0) is 41.0. The largest absolute Gasteiger partial charge is 0.310 e. The molecule has 10 aromatic rings. The van der Waals surface area contributed by atoms with Gasteiger partial charge in [-0.1, -0.05) is 188 Å². The van der Waals surface area contributed by atoms with Gasteiger partial charge in [0.15, 0.2) is 5.82 Å². The van der Waals surface area contributed by atoms with Crippen LogP contribution < -0.4 is 4.90 Å². The highest BCUT2D eigenvalue weighted by Gasteiger charge is 2.51. The number of fused-ring (bicyclic) bond motifs is 9. The molecule has 0 bridgehead atoms. The van der Waals surface area contributed by atoms with Gasteiger partial charge in [0.05, 0.1) is 28.2 Å². The van der Waals surface area contributed by atoms with Gasteiger partial charge >= 0.3 is 0 Å². The maximum atomic E-state index is 5.13. The Balaban J connectivity index is 0.987. The van der Waals surface area contributed by atoms with Crippen molar-refractivity contribution in [2.75, 3.05) is 4.90 Å². The molecule has 62 heavy (non-hydrogen) atoms. The summed E-state index contributed by atoms with van der Waals surface area (Å²) in [6.45, 7) is 0. The van der Waals surface area contributed by atoms with Gasteiger partial charge in [-0.15, -0.1) is 0 Å². The van der Waals surface area contributed by atoms with E-state index in [-0.39, 0.29) is 0 Å². The highest BCUT2D eigenvalue weighted by molar-refractivity contribution is 5.96. The normalized spacial score (nSPS) is 12.9. The fraction of sp³-hybridized carbons (Fsp3) is 0.0169. The van der Waals surface area contributed by atoms with Gasteiger partial charge in [-0.25, -0.2) is 9.97 Å². The molecule has 0 N–H and O–H groups in total. The molecular formula is C59H39N3. The molecule has 3 heteroatoms. The highest BCUT2D eigenvalue weighted by Crippen LogP contribution is 2.63. The Labute approximate surface area is 361 Å². The predicted molar refractivity (Wildman–Crippen MR) is 255 cm³/mol. The standard InChI is InChI=1S/C59H39N3/c1-4-18-40(19-5-1)54-39-55(41-20-6-2-7-21-41)61-58(60-54)46-25-17-24-44(37-46)42-22-16-23-43(36-42)45-34-35-49-48-28-10-11-29-50(48)59(53(49)38-45)51-30-12-14-32-56(51)62(47-26-8-3-9-27-47)57-33-15-13-31-52(57)59/h1-39H. The molecule has 0 radical (unpaired) electrons. The molecule has 0 fully saturated rings. The van der Waals surface area contributed by atoms with Gasteiger partial charge in [0, 0.05) is 22.4 Å². The smallest absolute Gasteiger partial charge is 0.160 e. The van der Waals surface area contributed by atoms with E-state index in [2.05, 4.69) is 229 Å². The topological polar surface area (TPSA) is 29.0 Å². The van der Waals surface area contributed by atoms with Crippen LogP contribution in [-0.2, 0) is 5.41 Å². The summed E-state index contributed by atoms with van der Waals surface area (Å²) in [5.74, 6) is 0.700. The van der Waals surface area contributed by atoms with E-state index in [1.165, 1.54) is 55.9 Å². The maximum Gasteiger partial charge on any atom is 0.160 e. The summed E-state index contributed by atoms with van der Waals surface area (Å²) in [7, 11) is 0. The summed E-state index contributed by atoms with van der Waals surface area (Å²) in [5, 5.41) is 0. The molecule has 2 heterocycles. The number of aromatic nitrogens is 2. The quantitative estimate of drug-likeness (QED) is 0.168. The fourth-order valence-electron chi connectivity index (χ4n) is 9.95. The minimum absolute atomic E-state index is 0.515. The van der Waals surface area contributed by atoms with Crippen molar-refractivity contribution >= 4 is 17.1 Å². The lowest BCUT2D eigenvalue weighted by molar-refractivity contribution is 0.753. The first-order valence-electron chi connectivity index (χ1n) is 21.2. The molecule has 0 saturated heterocycles. The van der Waals surface area contributed by atoms with Gasteiger partial charge < -0.3 is 4.90 Å². The molecule has 0 saturated carbocycles. The highest BCUT2D eigenvalue weighted by atomic mass is 15.2. The van der Waals surface area contributed by atoms with Crippen LogP contribution >= 0.6 is 0 Å². The van der Waals surface area contributed by atoms with Gasteiger partial charge in [-0.2, -0.15) is 0 Å². The first-order chi connectivity index (χ1) is 30.7. The van der Waals surface area contributed by atoms with Crippen LogP contribution in [0, 0.1) is 0 Å². The van der Waals surface area contributed by atoms with E-state index >= 15 is 0 Å². The average molecular weight is 790 g/mol. The molecule has 1 aromatic heterocycles. The van der Waals surface area contributed by atoms with E-state index in [9.17, 15) is 0 Å². The van der Waals surface area contributed by atoms with Crippen LogP contribution in [0.1, 0.15) is 22.3 Å². The molecule has 9 aromatic carbocycles. The van der Waals surface area contributed by atoms with Crippen LogP contribution in [0.2, 0.25) is 0 Å². The van der Waals surface area contributed by atoms with Crippen molar-refractivity contribution in [3.05, 3.63) is 259 Å². The van der Waals surface area contributed by atoms with Gasteiger partial charge in [0.1, 0.15) is 0 Å². The Morgan fingerprint density at radius 1 is 0.290 bits per heavy atom. The summed E-state index contributed by atoms with van der Waals surface area (Å²) >= 11 is 0. The molecule has 3 nitrogen and oxygen atoms in total. The van der Waals surface area contributed by atoms with Gasteiger partial charge in [-0.05, 0) is 104 Å². The molecule has 1 aliphatic heterocycles.